The van der Waals surface area contributed by atoms with Crippen LogP contribution in [0.4, 0.5) is 0 Å². The van der Waals surface area contributed by atoms with Gasteiger partial charge in [-0.1, -0.05) is 31.0 Å². The summed E-state index contributed by atoms with van der Waals surface area (Å²) >= 11 is 0. The maximum Gasteiger partial charge on any atom is 0.235 e. The van der Waals surface area contributed by atoms with Crippen LogP contribution < -0.4 is 5.32 Å². The number of aromatic nitrogens is 2. The van der Waals surface area contributed by atoms with E-state index in [1.165, 1.54) is 0 Å². The molecule has 0 aliphatic heterocycles. The Balaban J connectivity index is 1.60. The summed E-state index contributed by atoms with van der Waals surface area (Å²) in [5.41, 5.74) is 1.30. The molecule has 128 valence electrons. The molecular weight excluding hydrogens is 326 g/mol. The number of amides is 1. The van der Waals surface area contributed by atoms with Gasteiger partial charge in [-0.05, 0) is 31.0 Å². The van der Waals surface area contributed by atoms with Gasteiger partial charge in [0, 0.05) is 12.2 Å². The molecule has 1 aliphatic rings. The van der Waals surface area contributed by atoms with Gasteiger partial charge in [-0.2, -0.15) is 5.10 Å². The van der Waals surface area contributed by atoms with Crippen LogP contribution in [-0.2, 0) is 20.4 Å². The minimum Gasteiger partial charge on any atom is -0.352 e. The third kappa shape index (κ3) is 4.44. The lowest BCUT2D eigenvalue weighted by atomic mass is 10.2. The molecule has 1 amide bonds. The average Bonchev–Trinajstić information content (AvgIpc) is 3.19. The van der Waals surface area contributed by atoms with E-state index in [1.807, 2.05) is 30.3 Å². The molecule has 0 radical (unpaired) electrons. The molecule has 6 nitrogen and oxygen atoms in total. The van der Waals surface area contributed by atoms with Gasteiger partial charge in [-0.3, -0.25) is 4.79 Å². The lowest BCUT2D eigenvalue weighted by Gasteiger charge is -2.11. The zero-order valence-corrected chi connectivity index (χ0v) is 14.2. The predicted octanol–water partition coefficient (Wildman–Crippen LogP) is 1.85. The van der Waals surface area contributed by atoms with E-state index >= 15 is 0 Å². The maximum atomic E-state index is 12.2. The van der Waals surface area contributed by atoms with Crippen molar-refractivity contribution in [3.63, 3.8) is 0 Å². The van der Waals surface area contributed by atoms with Crippen LogP contribution in [-0.4, -0.2) is 35.9 Å². The van der Waals surface area contributed by atoms with E-state index in [0.29, 0.717) is 5.69 Å². The summed E-state index contributed by atoms with van der Waals surface area (Å²) in [4.78, 5) is 11.9. The molecule has 0 atom stereocenters. The Labute approximate surface area is 141 Å². The largest absolute Gasteiger partial charge is 0.352 e. The van der Waals surface area contributed by atoms with Crippen molar-refractivity contribution in [2.24, 2.45) is 0 Å². The summed E-state index contributed by atoms with van der Waals surface area (Å²) < 4.78 is 26.1. The molecule has 0 bridgehead atoms. The fourth-order valence-electron chi connectivity index (χ4n) is 2.98. The molecule has 1 saturated carbocycles. The molecule has 3 rings (SSSR count). The van der Waals surface area contributed by atoms with Crippen molar-refractivity contribution < 1.29 is 13.2 Å². The standard InChI is InChI=1S/C17H21N3O3S/c21-17(18-14-6-4-5-7-14)13-24(22,23)12-15-10-11-20(19-15)16-8-2-1-3-9-16/h1-3,8-11,14H,4-7,12-13H2,(H,18,21). The highest BCUT2D eigenvalue weighted by Gasteiger charge is 2.22. The van der Waals surface area contributed by atoms with Crippen molar-refractivity contribution in [1.29, 1.82) is 0 Å². The van der Waals surface area contributed by atoms with Crippen LogP contribution in [0.25, 0.3) is 5.69 Å². The van der Waals surface area contributed by atoms with Crippen molar-refractivity contribution in [2.75, 3.05) is 5.75 Å². The molecule has 2 aromatic rings. The Hall–Kier alpha value is -2.15. The summed E-state index contributed by atoms with van der Waals surface area (Å²) in [5.74, 6) is -1.13. The van der Waals surface area contributed by atoms with Gasteiger partial charge in [0.05, 0.1) is 17.1 Å². The third-order valence-electron chi connectivity index (χ3n) is 4.10. The van der Waals surface area contributed by atoms with Crippen molar-refractivity contribution in [3.05, 3.63) is 48.3 Å². The van der Waals surface area contributed by atoms with Gasteiger partial charge < -0.3 is 5.32 Å². The molecule has 1 aromatic carbocycles. The van der Waals surface area contributed by atoms with Crippen molar-refractivity contribution in [1.82, 2.24) is 15.1 Å². The summed E-state index contributed by atoms with van der Waals surface area (Å²) in [5, 5.41) is 7.09. The van der Waals surface area contributed by atoms with E-state index < -0.39 is 21.5 Å². The monoisotopic (exact) mass is 347 g/mol. The zero-order valence-electron chi connectivity index (χ0n) is 13.4. The van der Waals surface area contributed by atoms with Crippen LogP contribution in [0.2, 0.25) is 0 Å². The lowest BCUT2D eigenvalue weighted by molar-refractivity contribution is -0.119. The number of nitrogens with zero attached hydrogens (tertiary/aromatic N) is 2. The van der Waals surface area contributed by atoms with Gasteiger partial charge in [0.25, 0.3) is 0 Å². The number of hydrogen-bond donors (Lipinski definition) is 1. The van der Waals surface area contributed by atoms with Crippen LogP contribution in [0, 0.1) is 0 Å². The quantitative estimate of drug-likeness (QED) is 0.865. The Bertz CT molecular complexity index is 793. The summed E-state index contributed by atoms with van der Waals surface area (Å²) in [6.07, 6.45) is 5.78. The van der Waals surface area contributed by atoms with Crippen LogP contribution in [0.1, 0.15) is 31.4 Å². The number of hydrogen-bond acceptors (Lipinski definition) is 4. The van der Waals surface area contributed by atoms with E-state index in [-0.39, 0.29) is 11.8 Å². The van der Waals surface area contributed by atoms with Gasteiger partial charge in [-0.25, -0.2) is 13.1 Å². The second-order valence-electron chi connectivity index (χ2n) is 6.17. The Morgan fingerprint density at radius 1 is 1.17 bits per heavy atom. The fourth-order valence-corrected chi connectivity index (χ4v) is 4.17. The minimum absolute atomic E-state index is 0.130. The molecule has 0 spiro atoms. The van der Waals surface area contributed by atoms with Crippen molar-refractivity contribution in [3.8, 4) is 5.69 Å². The van der Waals surface area contributed by atoms with E-state index in [2.05, 4.69) is 10.4 Å². The number of benzene rings is 1. The number of rotatable bonds is 6. The first kappa shape index (κ1) is 16.7. The first-order chi connectivity index (χ1) is 11.5. The number of sulfone groups is 1. The summed E-state index contributed by atoms with van der Waals surface area (Å²) in [6, 6.07) is 11.3. The molecule has 1 aromatic heterocycles. The topological polar surface area (TPSA) is 81.1 Å². The Morgan fingerprint density at radius 3 is 2.58 bits per heavy atom. The van der Waals surface area contributed by atoms with Gasteiger partial charge in [-0.15, -0.1) is 0 Å². The third-order valence-corrected chi connectivity index (χ3v) is 5.54. The molecular formula is C17H21N3O3S. The number of para-hydroxylation sites is 1. The Morgan fingerprint density at radius 2 is 1.88 bits per heavy atom. The molecule has 1 N–H and O–H groups in total. The number of carbonyl (C=O) groups excluding carboxylic acids is 1. The lowest BCUT2D eigenvalue weighted by Crippen LogP contribution is -2.37. The first-order valence-electron chi connectivity index (χ1n) is 8.12. The fraction of sp³-hybridized carbons (Fsp3) is 0.412. The van der Waals surface area contributed by atoms with Crippen molar-refractivity contribution >= 4 is 15.7 Å². The maximum absolute atomic E-state index is 12.2. The van der Waals surface area contributed by atoms with Gasteiger partial charge in [0.15, 0.2) is 9.84 Å². The highest BCUT2D eigenvalue weighted by atomic mass is 32.2. The smallest absolute Gasteiger partial charge is 0.235 e. The Kier molecular flexibility index (Phi) is 4.99. The average molecular weight is 347 g/mol. The van der Waals surface area contributed by atoms with Crippen LogP contribution in [0.5, 0.6) is 0 Å². The van der Waals surface area contributed by atoms with E-state index in [1.54, 1.807) is 16.9 Å². The predicted molar refractivity (Wildman–Crippen MR) is 91.5 cm³/mol. The molecule has 1 aliphatic carbocycles. The SMILES string of the molecule is O=C(CS(=O)(=O)Cc1ccn(-c2ccccc2)n1)NC1CCCC1. The molecule has 0 unspecified atom stereocenters. The zero-order chi connectivity index (χ0) is 17.0. The van der Waals surface area contributed by atoms with Gasteiger partial charge >= 0.3 is 0 Å². The second kappa shape index (κ2) is 7.17. The van der Waals surface area contributed by atoms with Crippen LogP contribution in [0.15, 0.2) is 42.6 Å². The highest BCUT2D eigenvalue weighted by molar-refractivity contribution is 7.91. The van der Waals surface area contributed by atoms with E-state index in [4.69, 9.17) is 0 Å². The normalized spacial score (nSPS) is 15.5. The van der Waals surface area contributed by atoms with Gasteiger partial charge in [0.2, 0.25) is 5.91 Å². The van der Waals surface area contributed by atoms with Crippen LogP contribution in [0.3, 0.4) is 0 Å². The van der Waals surface area contributed by atoms with E-state index in [0.717, 1.165) is 31.4 Å². The summed E-state index contributed by atoms with van der Waals surface area (Å²) in [6.45, 7) is 0. The van der Waals surface area contributed by atoms with Crippen LogP contribution >= 0.6 is 0 Å². The molecule has 7 heteroatoms. The first-order valence-corrected chi connectivity index (χ1v) is 9.94. The summed E-state index contributed by atoms with van der Waals surface area (Å²) in [7, 11) is -3.53. The molecule has 1 heterocycles. The van der Waals surface area contributed by atoms with Crippen molar-refractivity contribution in [2.45, 2.75) is 37.5 Å². The highest BCUT2D eigenvalue weighted by Crippen LogP contribution is 2.17. The second-order valence-corrected chi connectivity index (χ2v) is 8.23. The number of nitrogens with one attached hydrogen (secondary N) is 1. The molecule has 1 fully saturated rings. The molecule has 24 heavy (non-hydrogen) atoms. The number of carbonyl (C=O) groups is 1. The van der Waals surface area contributed by atoms with Gasteiger partial charge in [0.1, 0.15) is 5.75 Å². The molecule has 0 saturated heterocycles. The minimum atomic E-state index is -3.53. The van der Waals surface area contributed by atoms with E-state index in [9.17, 15) is 13.2 Å².